The lowest BCUT2D eigenvalue weighted by Crippen LogP contribution is -2.37. The van der Waals surface area contributed by atoms with Crippen LogP contribution in [0.4, 0.5) is 0 Å². The topological polar surface area (TPSA) is 0 Å². The van der Waals surface area contributed by atoms with Crippen molar-refractivity contribution < 1.29 is 0 Å². The molecule has 0 unspecified atom stereocenters. The predicted octanol–water partition coefficient (Wildman–Crippen LogP) is 4.42. The first kappa shape index (κ1) is 13.0. The molecular weight excluding hydrogens is 216 g/mol. The van der Waals surface area contributed by atoms with Crippen molar-refractivity contribution in [2.45, 2.75) is 58.7 Å². The number of hydrogen-bond acceptors (Lipinski definition) is 1. The second-order valence-corrected chi connectivity index (χ2v) is 11.6. The fraction of sp³-hybridized carbons (Fsp3) is 0.692. The molecular formula is C13H24SSi. The molecule has 0 aliphatic heterocycles. The predicted molar refractivity (Wildman–Crippen MR) is 75.1 cm³/mol. The maximum absolute atomic E-state index is 2.45. The van der Waals surface area contributed by atoms with Crippen LogP contribution in [0, 0.1) is 0 Å². The summed E-state index contributed by atoms with van der Waals surface area (Å²) in [7, 11) is -1.08. The van der Waals surface area contributed by atoms with E-state index < -0.39 is 8.07 Å². The molecule has 1 aromatic rings. The lowest BCUT2D eigenvalue weighted by molar-refractivity contribution is 0.668. The van der Waals surface area contributed by atoms with E-state index in [4.69, 9.17) is 0 Å². The summed E-state index contributed by atoms with van der Waals surface area (Å²) in [6.45, 7) is 9.63. The first-order valence-corrected chi connectivity index (χ1v) is 10.5. The van der Waals surface area contributed by atoms with Gasteiger partial charge in [-0.1, -0.05) is 45.8 Å². The van der Waals surface area contributed by atoms with Gasteiger partial charge in [0.25, 0.3) is 0 Å². The zero-order valence-corrected chi connectivity index (χ0v) is 12.4. The molecule has 1 heterocycles. The van der Waals surface area contributed by atoms with Crippen molar-refractivity contribution in [2.75, 3.05) is 0 Å². The summed E-state index contributed by atoms with van der Waals surface area (Å²) in [6.07, 6.45) is 6.82. The number of rotatable bonds is 6. The van der Waals surface area contributed by atoms with Crippen LogP contribution < -0.4 is 4.50 Å². The van der Waals surface area contributed by atoms with Crippen LogP contribution >= 0.6 is 11.3 Å². The molecule has 0 fully saturated rings. The third kappa shape index (κ3) is 4.11. The van der Waals surface area contributed by atoms with E-state index in [1.165, 1.54) is 32.1 Å². The maximum Gasteiger partial charge on any atom is 0.0907 e. The Labute approximate surface area is 99.7 Å². The largest absolute Gasteiger partial charge is 0.153 e. The Morgan fingerprint density at radius 1 is 1.13 bits per heavy atom. The molecule has 0 saturated carbocycles. The molecule has 86 valence electrons. The number of unbranched alkanes of at least 4 members (excludes halogenated alkanes) is 3. The van der Waals surface area contributed by atoms with E-state index in [-0.39, 0.29) is 0 Å². The first-order valence-electron chi connectivity index (χ1n) is 6.12. The minimum absolute atomic E-state index is 1.08. The molecule has 0 spiro atoms. The van der Waals surface area contributed by atoms with Crippen molar-refractivity contribution in [3.8, 4) is 0 Å². The van der Waals surface area contributed by atoms with Gasteiger partial charge in [0.1, 0.15) is 0 Å². The van der Waals surface area contributed by atoms with Crippen molar-refractivity contribution in [3.05, 3.63) is 17.0 Å². The average Bonchev–Trinajstić information content (AvgIpc) is 2.59. The molecule has 0 aliphatic rings. The Kier molecular flexibility index (Phi) is 5.07. The van der Waals surface area contributed by atoms with Gasteiger partial charge in [-0.2, -0.15) is 11.3 Å². The lowest BCUT2D eigenvalue weighted by atomic mass is 10.1. The van der Waals surface area contributed by atoms with Crippen molar-refractivity contribution in [2.24, 2.45) is 0 Å². The summed E-state index contributed by atoms with van der Waals surface area (Å²) in [4.78, 5) is 0. The van der Waals surface area contributed by atoms with Crippen LogP contribution in [0.25, 0.3) is 0 Å². The van der Waals surface area contributed by atoms with Gasteiger partial charge in [0.2, 0.25) is 0 Å². The summed E-state index contributed by atoms with van der Waals surface area (Å²) < 4.78 is 1.72. The second-order valence-electron chi connectivity index (χ2n) is 5.34. The van der Waals surface area contributed by atoms with E-state index in [1.54, 1.807) is 10.1 Å². The van der Waals surface area contributed by atoms with Gasteiger partial charge in [-0.05, 0) is 34.4 Å². The molecule has 0 aromatic carbocycles. The third-order valence-electron chi connectivity index (χ3n) is 2.73. The average molecular weight is 240 g/mol. The number of hydrogen-bond donors (Lipinski definition) is 0. The van der Waals surface area contributed by atoms with E-state index in [0.717, 1.165) is 0 Å². The van der Waals surface area contributed by atoms with Crippen molar-refractivity contribution in [1.29, 1.82) is 0 Å². The molecule has 1 rings (SSSR count). The highest BCUT2D eigenvalue weighted by Gasteiger charge is 2.20. The SMILES string of the molecule is CCCCCCc1ccsc1[Si](C)(C)C. The van der Waals surface area contributed by atoms with Crippen LogP contribution in [-0.2, 0) is 6.42 Å². The van der Waals surface area contributed by atoms with Gasteiger partial charge < -0.3 is 0 Å². The minimum atomic E-state index is -1.08. The van der Waals surface area contributed by atoms with Crippen molar-refractivity contribution >= 4 is 23.9 Å². The molecule has 2 heteroatoms. The van der Waals surface area contributed by atoms with Gasteiger partial charge in [0.15, 0.2) is 0 Å². The van der Waals surface area contributed by atoms with E-state index in [2.05, 4.69) is 38.0 Å². The highest BCUT2D eigenvalue weighted by atomic mass is 32.1. The lowest BCUT2D eigenvalue weighted by Gasteiger charge is -2.16. The standard InChI is InChI=1S/C13H24SSi/c1-5-6-7-8-9-12-10-11-14-13(12)15(2,3)4/h10-11H,5-9H2,1-4H3. The van der Waals surface area contributed by atoms with Crippen LogP contribution in [0.5, 0.6) is 0 Å². The molecule has 0 bridgehead atoms. The Bertz CT molecular complexity index is 283. The van der Waals surface area contributed by atoms with E-state index in [9.17, 15) is 0 Å². The highest BCUT2D eigenvalue weighted by molar-refractivity contribution is 7.25. The Morgan fingerprint density at radius 2 is 1.87 bits per heavy atom. The smallest absolute Gasteiger partial charge is 0.0907 e. The van der Waals surface area contributed by atoms with E-state index in [0.29, 0.717) is 0 Å². The van der Waals surface area contributed by atoms with E-state index in [1.807, 2.05) is 11.3 Å². The minimum Gasteiger partial charge on any atom is -0.153 e. The van der Waals surface area contributed by atoms with Crippen LogP contribution in [0.15, 0.2) is 11.4 Å². The van der Waals surface area contributed by atoms with Gasteiger partial charge in [-0.25, -0.2) is 0 Å². The fourth-order valence-electron chi connectivity index (χ4n) is 1.93. The van der Waals surface area contributed by atoms with Gasteiger partial charge in [-0.3, -0.25) is 0 Å². The van der Waals surface area contributed by atoms with Gasteiger partial charge in [0, 0.05) is 0 Å². The summed E-state index contributed by atoms with van der Waals surface area (Å²) in [5.74, 6) is 0. The highest BCUT2D eigenvalue weighted by Crippen LogP contribution is 2.15. The van der Waals surface area contributed by atoms with Crippen molar-refractivity contribution in [3.63, 3.8) is 0 Å². The van der Waals surface area contributed by atoms with Gasteiger partial charge in [0.05, 0.1) is 8.07 Å². The maximum atomic E-state index is 2.45. The zero-order valence-electron chi connectivity index (χ0n) is 10.6. The third-order valence-corrected chi connectivity index (χ3v) is 7.37. The van der Waals surface area contributed by atoms with Crippen LogP contribution in [0.2, 0.25) is 19.6 Å². The summed E-state index contributed by atoms with van der Waals surface area (Å²) >= 11 is 1.98. The normalized spacial score (nSPS) is 12.0. The van der Waals surface area contributed by atoms with Gasteiger partial charge in [-0.15, -0.1) is 0 Å². The second kappa shape index (κ2) is 5.85. The first-order chi connectivity index (χ1) is 7.05. The number of aryl methyl sites for hydroxylation is 1. The quantitative estimate of drug-likeness (QED) is 0.510. The van der Waals surface area contributed by atoms with Gasteiger partial charge >= 0.3 is 0 Å². The monoisotopic (exact) mass is 240 g/mol. The fourth-order valence-corrected chi connectivity index (χ4v) is 5.41. The zero-order chi connectivity index (χ0) is 11.3. The van der Waals surface area contributed by atoms with E-state index >= 15 is 0 Å². The number of thiophene rings is 1. The summed E-state index contributed by atoms with van der Waals surface area (Å²) in [5.41, 5.74) is 1.65. The summed E-state index contributed by atoms with van der Waals surface area (Å²) in [5, 5.41) is 2.28. The van der Waals surface area contributed by atoms with Crippen LogP contribution in [0.1, 0.15) is 38.2 Å². The molecule has 0 amide bonds. The molecule has 0 N–H and O–H groups in total. The molecule has 0 nitrogen and oxygen atoms in total. The van der Waals surface area contributed by atoms with Crippen molar-refractivity contribution in [1.82, 2.24) is 0 Å². The Hall–Kier alpha value is -0.0831. The molecule has 0 saturated heterocycles. The molecule has 15 heavy (non-hydrogen) atoms. The molecule has 0 atom stereocenters. The summed E-state index contributed by atoms with van der Waals surface area (Å²) in [6, 6.07) is 2.35. The molecule has 0 aliphatic carbocycles. The molecule has 0 radical (unpaired) electrons. The molecule has 1 aromatic heterocycles. The Morgan fingerprint density at radius 3 is 2.47 bits per heavy atom. The van der Waals surface area contributed by atoms with Crippen LogP contribution in [0.3, 0.4) is 0 Å². The van der Waals surface area contributed by atoms with Crippen LogP contribution in [-0.4, -0.2) is 8.07 Å². The Balaban J connectivity index is 2.51.